The number of aliphatic hydroxyl groups excluding tert-OH is 1. The van der Waals surface area contributed by atoms with Crippen molar-refractivity contribution in [3.8, 4) is 0 Å². The largest absolute Gasteiger partial charge is 0.503 e. The summed E-state index contributed by atoms with van der Waals surface area (Å²) in [7, 11) is 0. The van der Waals surface area contributed by atoms with Crippen LogP contribution in [-0.4, -0.2) is 41.0 Å². The molecule has 0 radical (unpaired) electrons. The van der Waals surface area contributed by atoms with Crippen LogP contribution in [0.5, 0.6) is 0 Å². The van der Waals surface area contributed by atoms with Gasteiger partial charge in [0.15, 0.2) is 11.5 Å². The minimum Gasteiger partial charge on any atom is -0.503 e. The van der Waals surface area contributed by atoms with Crippen molar-refractivity contribution in [3.05, 3.63) is 59.6 Å². The molecule has 1 unspecified atom stereocenters. The Morgan fingerprint density at radius 1 is 1.27 bits per heavy atom. The number of nitrogens with zero attached hydrogens (tertiary/aromatic N) is 1. The van der Waals surface area contributed by atoms with E-state index in [4.69, 9.17) is 13.6 Å². The molecule has 0 saturated heterocycles. The lowest BCUT2D eigenvalue weighted by Gasteiger charge is -2.24. The first kappa shape index (κ1) is 18.0. The number of amides is 1. The Morgan fingerprint density at radius 2 is 2.00 bits per heavy atom. The molecule has 7 nitrogen and oxygen atoms in total. The van der Waals surface area contributed by atoms with Crippen molar-refractivity contribution in [1.82, 2.24) is 4.90 Å². The van der Waals surface area contributed by atoms with Crippen LogP contribution < -0.4 is 0 Å². The van der Waals surface area contributed by atoms with Crippen molar-refractivity contribution in [2.75, 3.05) is 13.2 Å². The highest BCUT2D eigenvalue weighted by Crippen LogP contribution is 2.39. The Labute approximate surface area is 150 Å². The van der Waals surface area contributed by atoms with E-state index in [0.29, 0.717) is 25.3 Å². The van der Waals surface area contributed by atoms with Gasteiger partial charge in [-0.1, -0.05) is 0 Å². The Bertz CT molecular complexity index is 788. The summed E-state index contributed by atoms with van der Waals surface area (Å²) in [5.41, 5.74) is -0.0373. The number of ketones is 1. The molecular weight excluding hydrogens is 338 g/mol. The van der Waals surface area contributed by atoms with Crippen molar-refractivity contribution in [2.24, 2.45) is 0 Å². The number of rotatable bonds is 8. The fourth-order valence-electron chi connectivity index (χ4n) is 2.95. The number of Topliss-reactive ketones (excluding diaryl/α,β-unsaturated/α-hetero) is 1. The molecule has 3 rings (SSSR count). The lowest BCUT2D eigenvalue weighted by Crippen LogP contribution is -2.32. The number of carbonyl (C=O) groups is 2. The number of furan rings is 2. The highest BCUT2D eigenvalue weighted by atomic mass is 16.5. The molecular formula is C19H21NO6. The molecule has 0 aliphatic carbocycles. The first-order valence-corrected chi connectivity index (χ1v) is 8.48. The van der Waals surface area contributed by atoms with Gasteiger partial charge in [-0.2, -0.15) is 0 Å². The zero-order chi connectivity index (χ0) is 18.7. The Morgan fingerprint density at radius 3 is 2.62 bits per heavy atom. The van der Waals surface area contributed by atoms with Crippen molar-refractivity contribution in [2.45, 2.75) is 32.4 Å². The third kappa shape index (κ3) is 3.43. The van der Waals surface area contributed by atoms with Gasteiger partial charge in [0.2, 0.25) is 5.78 Å². The monoisotopic (exact) mass is 359 g/mol. The molecule has 0 bridgehead atoms. The minimum absolute atomic E-state index is 0.0373. The van der Waals surface area contributed by atoms with Crippen LogP contribution in [0.4, 0.5) is 0 Å². The summed E-state index contributed by atoms with van der Waals surface area (Å²) in [6.45, 7) is 4.64. The molecule has 0 aromatic carbocycles. The third-order valence-corrected chi connectivity index (χ3v) is 4.10. The van der Waals surface area contributed by atoms with Gasteiger partial charge in [-0.25, -0.2) is 0 Å². The van der Waals surface area contributed by atoms with Crippen LogP contribution in [0.1, 0.15) is 42.6 Å². The highest BCUT2D eigenvalue weighted by molar-refractivity contribution is 6.14. The van der Waals surface area contributed by atoms with Crippen LogP contribution >= 0.6 is 0 Å². The molecule has 138 valence electrons. The molecule has 1 atom stereocenters. The molecule has 1 aliphatic rings. The van der Waals surface area contributed by atoms with E-state index >= 15 is 0 Å². The third-order valence-electron chi connectivity index (χ3n) is 4.10. The van der Waals surface area contributed by atoms with Gasteiger partial charge in [0.25, 0.3) is 5.91 Å². The molecule has 0 saturated carbocycles. The molecule has 1 aliphatic heterocycles. The predicted octanol–water partition coefficient (Wildman–Crippen LogP) is 3.27. The number of carbonyl (C=O) groups excluding carboxylic acids is 2. The standard InChI is InChI=1S/C19H21NO6/c1-12(2)24-11-5-8-20-16(13-6-3-9-25-13)15(18(22)19(20)23)17(21)14-7-4-10-26-14/h3-4,6-7,9-10,12,16,22H,5,8,11H2,1-2H3. The molecule has 7 heteroatoms. The van der Waals surface area contributed by atoms with E-state index in [2.05, 4.69) is 0 Å². The molecule has 1 amide bonds. The predicted molar refractivity (Wildman–Crippen MR) is 91.6 cm³/mol. The Hall–Kier alpha value is -2.80. The number of ether oxygens (including phenoxy) is 1. The van der Waals surface area contributed by atoms with Gasteiger partial charge in [0.1, 0.15) is 11.8 Å². The zero-order valence-electron chi connectivity index (χ0n) is 14.7. The topological polar surface area (TPSA) is 93.1 Å². The van der Waals surface area contributed by atoms with Crippen LogP contribution in [0.2, 0.25) is 0 Å². The van der Waals surface area contributed by atoms with Gasteiger partial charge < -0.3 is 23.6 Å². The molecule has 0 fully saturated rings. The maximum atomic E-state index is 12.8. The van der Waals surface area contributed by atoms with E-state index in [1.807, 2.05) is 13.8 Å². The number of aliphatic hydroxyl groups is 1. The van der Waals surface area contributed by atoms with E-state index < -0.39 is 23.5 Å². The van der Waals surface area contributed by atoms with Crippen LogP contribution in [0, 0.1) is 0 Å². The SMILES string of the molecule is CC(C)OCCCN1C(=O)C(O)=C(C(=O)c2ccco2)C1c1ccco1. The average Bonchev–Trinajstić information content (AvgIpc) is 3.34. The van der Waals surface area contributed by atoms with Gasteiger partial charge >= 0.3 is 0 Å². The second-order valence-corrected chi connectivity index (χ2v) is 6.26. The summed E-state index contributed by atoms with van der Waals surface area (Å²) in [6, 6.07) is 5.61. The van der Waals surface area contributed by atoms with Crippen molar-refractivity contribution in [1.29, 1.82) is 0 Å². The normalized spacial score (nSPS) is 17.6. The molecule has 0 spiro atoms. The summed E-state index contributed by atoms with van der Waals surface area (Å²) in [5.74, 6) is -1.26. The smallest absolute Gasteiger partial charge is 0.290 e. The first-order valence-electron chi connectivity index (χ1n) is 8.48. The van der Waals surface area contributed by atoms with Crippen molar-refractivity contribution in [3.63, 3.8) is 0 Å². The summed E-state index contributed by atoms with van der Waals surface area (Å²) in [4.78, 5) is 26.8. The van der Waals surface area contributed by atoms with E-state index in [1.54, 1.807) is 18.2 Å². The second-order valence-electron chi connectivity index (χ2n) is 6.26. The fraction of sp³-hybridized carbons (Fsp3) is 0.368. The Balaban J connectivity index is 1.87. The average molecular weight is 359 g/mol. The maximum Gasteiger partial charge on any atom is 0.290 e. The summed E-state index contributed by atoms with van der Waals surface area (Å²) in [5, 5.41) is 10.4. The molecule has 3 heterocycles. The number of hydrogen-bond acceptors (Lipinski definition) is 6. The van der Waals surface area contributed by atoms with Gasteiger partial charge in [0, 0.05) is 13.2 Å². The van der Waals surface area contributed by atoms with Crippen LogP contribution in [0.25, 0.3) is 0 Å². The quantitative estimate of drug-likeness (QED) is 0.574. The summed E-state index contributed by atoms with van der Waals surface area (Å²) >= 11 is 0. The summed E-state index contributed by atoms with van der Waals surface area (Å²) in [6.07, 6.45) is 3.48. The molecule has 2 aromatic heterocycles. The Kier molecular flexibility index (Phi) is 5.27. The van der Waals surface area contributed by atoms with Crippen LogP contribution in [0.15, 0.2) is 57.0 Å². The van der Waals surface area contributed by atoms with Gasteiger partial charge in [-0.15, -0.1) is 0 Å². The first-order chi connectivity index (χ1) is 12.5. The van der Waals surface area contributed by atoms with Gasteiger partial charge in [-0.05, 0) is 44.5 Å². The van der Waals surface area contributed by atoms with Crippen LogP contribution in [0.3, 0.4) is 0 Å². The van der Waals surface area contributed by atoms with Gasteiger partial charge in [0.05, 0.1) is 24.2 Å². The lowest BCUT2D eigenvalue weighted by molar-refractivity contribution is -0.129. The van der Waals surface area contributed by atoms with Crippen molar-refractivity contribution >= 4 is 11.7 Å². The zero-order valence-corrected chi connectivity index (χ0v) is 14.7. The maximum absolute atomic E-state index is 12.8. The van der Waals surface area contributed by atoms with Gasteiger partial charge in [-0.3, -0.25) is 9.59 Å². The van der Waals surface area contributed by atoms with E-state index in [-0.39, 0.29) is 17.4 Å². The molecule has 26 heavy (non-hydrogen) atoms. The van der Waals surface area contributed by atoms with Crippen LogP contribution in [-0.2, 0) is 9.53 Å². The van der Waals surface area contributed by atoms with Crippen molar-refractivity contribution < 1.29 is 28.3 Å². The number of hydrogen-bond donors (Lipinski definition) is 1. The molecule has 1 N–H and O–H groups in total. The van der Waals surface area contributed by atoms with E-state index in [1.165, 1.54) is 23.5 Å². The highest BCUT2D eigenvalue weighted by Gasteiger charge is 2.45. The fourth-order valence-corrected chi connectivity index (χ4v) is 2.95. The van der Waals surface area contributed by atoms with E-state index in [9.17, 15) is 14.7 Å². The van der Waals surface area contributed by atoms with E-state index in [0.717, 1.165) is 0 Å². The second kappa shape index (κ2) is 7.61. The molecule has 2 aromatic rings. The minimum atomic E-state index is -0.797. The lowest BCUT2D eigenvalue weighted by atomic mass is 9.99. The summed E-state index contributed by atoms with van der Waals surface area (Å²) < 4.78 is 16.1.